The van der Waals surface area contributed by atoms with E-state index < -0.39 is 15.7 Å². The van der Waals surface area contributed by atoms with Gasteiger partial charge in [0.1, 0.15) is 17.3 Å². The van der Waals surface area contributed by atoms with E-state index >= 15 is 0 Å². The zero-order chi connectivity index (χ0) is 29.9. The Morgan fingerprint density at radius 1 is 1.05 bits per heavy atom. The number of hydrogen-bond donors (Lipinski definition) is 3. The Hall–Kier alpha value is -3.75. The standard InChI is InChI=1S/C28H37N7O6S/c1-19(2)21-16-22(24(37)17-23(21)36)26-31-32-27(28(38)29-6-3-7-33-10-14-42(39,40)15-11-33)35(26)20-4-5-25(30-18-20)34-8-12-41-13-9-34/h4-5,16-19,36-37H,3,6-15H2,1-2H3,(H,29,38). The first-order valence-electron chi connectivity index (χ1n) is 14.1. The number of morpholine rings is 1. The molecule has 2 aliphatic rings. The van der Waals surface area contributed by atoms with Crippen LogP contribution in [0.1, 0.15) is 42.4 Å². The van der Waals surface area contributed by atoms with Gasteiger partial charge in [-0.1, -0.05) is 13.8 Å². The van der Waals surface area contributed by atoms with Gasteiger partial charge in [0.25, 0.3) is 5.91 Å². The molecule has 2 fully saturated rings. The number of nitrogens with one attached hydrogen (secondary N) is 1. The number of anilines is 1. The number of aromatic hydroxyl groups is 2. The number of nitrogens with zero attached hydrogens (tertiary/aromatic N) is 6. The summed E-state index contributed by atoms with van der Waals surface area (Å²) in [7, 11) is -2.94. The van der Waals surface area contributed by atoms with E-state index in [2.05, 4.69) is 30.3 Å². The minimum atomic E-state index is -2.94. The molecular weight excluding hydrogens is 562 g/mol. The number of phenolic OH excluding ortho intramolecular Hbond substituents is 2. The number of amides is 1. The van der Waals surface area contributed by atoms with Crippen molar-refractivity contribution in [2.24, 2.45) is 0 Å². The second-order valence-electron chi connectivity index (χ2n) is 10.8. The van der Waals surface area contributed by atoms with Crippen molar-refractivity contribution < 1.29 is 28.2 Å². The van der Waals surface area contributed by atoms with Gasteiger partial charge in [0, 0.05) is 38.8 Å². The summed E-state index contributed by atoms with van der Waals surface area (Å²) in [6, 6.07) is 6.62. The third-order valence-electron chi connectivity index (χ3n) is 7.57. The van der Waals surface area contributed by atoms with Crippen molar-refractivity contribution in [1.82, 2.24) is 30.0 Å². The summed E-state index contributed by atoms with van der Waals surface area (Å²) in [5, 5.41) is 32.6. The van der Waals surface area contributed by atoms with Crippen molar-refractivity contribution in [2.45, 2.75) is 26.2 Å². The number of rotatable bonds is 9. The van der Waals surface area contributed by atoms with Crippen LogP contribution in [-0.2, 0) is 14.6 Å². The number of hydrogen-bond acceptors (Lipinski definition) is 11. The third-order valence-corrected chi connectivity index (χ3v) is 9.18. The number of phenols is 2. The Labute approximate surface area is 245 Å². The molecule has 0 bridgehead atoms. The highest BCUT2D eigenvalue weighted by molar-refractivity contribution is 7.91. The van der Waals surface area contributed by atoms with Crippen LogP contribution in [0.2, 0.25) is 0 Å². The summed E-state index contributed by atoms with van der Waals surface area (Å²) in [6.07, 6.45) is 2.28. The maximum atomic E-state index is 13.4. The number of carbonyl (C=O) groups excluding carboxylic acids is 1. The van der Waals surface area contributed by atoms with Crippen LogP contribution in [0.4, 0.5) is 5.82 Å². The van der Waals surface area contributed by atoms with Gasteiger partial charge in [-0.2, -0.15) is 0 Å². The van der Waals surface area contributed by atoms with Crippen LogP contribution < -0.4 is 10.2 Å². The van der Waals surface area contributed by atoms with Crippen molar-refractivity contribution in [3.63, 3.8) is 0 Å². The topological polar surface area (TPSA) is 163 Å². The first-order chi connectivity index (χ1) is 20.1. The number of aromatic nitrogens is 4. The predicted molar refractivity (Wildman–Crippen MR) is 157 cm³/mol. The van der Waals surface area contributed by atoms with E-state index in [9.17, 15) is 23.4 Å². The molecule has 0 aliphatic carbocycles. The van der Waals surface area contributed by atoms with Crippen LogP contribution in [0.5, 0.6) is 11.5 Å². The van der Waals surface area contributed by atoms with Gasteiger partial charge in [-0.05, 0) is 42.6 Å². The molecule has 3 N–H and O–H groups in total. The lowest BCUT2D eigenvalue weighted by Crippen LogP contribution is -2.41. The second-order valence-corrected chi connectivity index (χ2v) is 13.1. The van der Waals surface area contributed by atoms with Gasteiger partial charge in [0.05, 0.1) is 42.2 Å². The second kappa shape index (κ2) is 12.6. The number of sulfone groups is 1. The predicted octanol–water partition coefficient (Wildman–Crippen LogP) is 1.55. The normalized spacial score (nSPS) is 17.5. The van der Waals surface area contributed by atoms with Gasteiger partial charge in [-0.25, -0.2) is 13.4 Å². The van der Waals surface area contributed by atoms with Gasteiger partial charge in [0.2, 0.25) is 5.82 Å². The Morgan fingerprint density at radius 2 is 1.79 bits per heavy atom. The van der Waals surface area contributed by atoms with E-state index in [1.165, 1.54) is 6.07 Å². The van der Waals surface area contributed by atoms with E-state index in [0.717, 1.165) is 18.9 Å². The molecular formula is C28H37N7O6S. The largest absolute Gasteiger partial charge is 0.508 e. The maximum absolute atomic E-state index is 13.4. The average Bonchev–Trinajstić information content (AvgIpc) is 3.41. The minimum absolute atomic E-state index is 0.0218. The Kier molecular flexibility index (Phi) is 8.94. The number of ether oxygens (including phenoxy) is 1. The van der Waals surface area contributed by atoms with E-state index in [0.29, 0.717) is 62.6 Å². The minimum Gasteiger partial charge on any atom is -0.508 e. The summed E-state index contributed by atoms with van der Waals surface area (Å²) in [5.74, 6) is 0.648. The van der Waals surface area contributed by atoms with Gasteiger partial charge in [-0.15, -0.1) is 10.2 Å². The molecule has 42 heavy (non-hydrogen) atoms. The highest BCUT2D eigenvalue weighted by Crippen LogP contribution is 2.38. The first kappa shape index (κ1) is 29.7. The quantitative estimate of drug-likeness (QED) is 0.306. The van der Waals surface area contributed by atoms with E-state index in [-0.39, 0.29) is 40.6 Å². The zero-order valence-electron chi connectivity index (χ0n) is 23.9. The summed E-state index contributed by atoms with van der Waals surface area (Å²) in [4.78, 5) is 22.2. The summed E-state index contributed by atoms with van der Waals surface area (Å²) < 4.78 is 30.3. The van der Waals surface area contributed by atoms with Crippen LogP contribution in [0.25, 0.3) is 17.1 Å². The average molecular weight is 600 g/mol. The lowest BCUT2D eigenvalue weighted by molar-refractivity contribution is 0.0939. The smallest absolute Gasteiger partial charge is 0.289 e. The molecule has 3 aromatic rings. The molecule has 0 atom stereocenters. The molecule has 2 aliphatic heterocycles. The monoisotopic (exact) mass is 599 g/mol. The van der Waals surface area contributed by atoms with Crippen LogP contribution in [0.3, 0.4) is 0 Å². The van der Waals surface area contributed by atoms with Crippen molar-refractivity contribution in [3.8, 4) is 28.6 Å². The highest BCUT2D eigenvalue weighted by atomic mass is 32.2. The summed E-state index contributed by atoms with van der Waals surface area (Å²) >= 11 is 0. The molecule has 5 rings (SSSR count). The SMILES string of the molecule is CC(C)c1cc(-c2nnc(C(=O)NCCCN3CCS(=O)(=O)CC3)n2-c2ccc(N3CCOCC3)nc2)c(O)cc1O. The fourth-order valence-electron chi connectivity index (χ4n) is 5.13. The highest BCUT2D eigenvalue weighted by Gasteiger charge is 2.25. The molecule has 4 heterocycles. The number of benzene rings is 1. The number of carbonyl (C=O) groups is 1. The van der Waals surface area contributed by atoms with Crippen molar-refractivity contribution in [3.05, 3.63) is 41.9 Å². The van der Waals surface area contributed by atoms with Crippen molar-refractivity contribution >= 4 is 21.6 Å². The van der Waals surface area contributed by atoms with Gasteiger partial charge < -0.3 is 30.1 Å². The zero-order valence-corrected chi connectivity index (χ0v) is 24.7. The molecule has 2 saturated heterocycles. The third kappa shape index (κ3) is 6.66. The van der Waals surface area contributed by atoms with Crippen LogP contribution in [0.15, 0.2) is 30.5 Å². The van der Waals surface area contributed by atoms with Crippen LogP contribution in [0, 0.1) is 0 Å². The maximum Gasteiger partial charge on any atom is 0.289 e. The van der Waals surface area contributed by atoms with Crippen molar-refractivity contribution in [2.75, 3.05) is 68.9 Å². The van der Waals surface area contributed by atoms with E-state index in [1.807, 2.05) is 26.0 Å². The Balaban J connectivity index is 1.40. The van der Waals surface area contributed by atoms with Gasteiger partial charge >= 0.3 is 0 Å². The molecule has 226 valence electrons. The first-order valence-corrected chi connectivity index (χ1v) is 16.0. The lowest BCUT2D eigenvalue weighted by Gasteiger charge is -2.27. The molecule has 0 unspecified atom stereocenters. The lowest BCUT2D eigenvalue weighted by atomic mass is 9.98. The molecule has 1 amide bonds. The van der Waals surface area contributed by atoms with E-state index in [1.54, 1.807) is 16.8 Å². The Bertz CT molecular complexity index is 1500. The van der Waals surface area contributed by atoms with Crippen molar-refractivity contribution in [1.29, 1.82) is 0 Å². The van der Waals surface area contributed by atoms with Crippen LogP contribution >= 0.6 is 0 Å². The molecule has 14 heteroatoms. The number of pyridine rings is 1. The fraction of sp³-hybridized carbons (Fsp3) is 0.500. The molecule has 0 radical (unpaired) electrons. The van der Waals surface area contributed by atoms with Gasteiger partial charge in [-0.3, -0.25) is 9.36 Å². The Morgan fingerprint density at radius 3 is 2.45 bits per heavy atom. The van der Waals surface area contributed by atoms with Crippen LogP contribution in [-0.4, -0.2) is 113 Å². The van der Waals surface area contributed by atoms with E-state index in [4.69, 9.17) is 4.74 Å². The van der Waals surface area contributed by atoms with Gasteiger partial charge in [0.15, 0.2) is 15.7 Å². The molecule has 13 nitrogen and oxygen atoms in total. The summed E-state index contributed by atoms with van der Waals surface area (Å²) in [6.45, 7) is 8.57. The molecule has 0 spiro atoms. The molecule has 2 aromatic heterocycles. The summed E-state index contributed by atoms with van der Waals surface area (Å²) in [5.41, 5.74) is 1.47. The fourth-order valence-corrected chi connectivity index (χ4v) is 6.41. The molecule has 1 aromatic carbocycles. The molecule has 0 saturated carbocycles.